The number of hydrogen-bond donors (Lipinski definition) is 1. The Labute approximate surface area is 126 Å². The molecule has 0 aromatic heterocycles. The van der Waals surface area contributed by atoms with Crippen LogP contribution in [0.1, 0.15) is 84.0 Å². The lowest BCUT2D eigenvalue weighted by atomic mass is 9.97. The second-order valence-corrected chi connectivity index (χ2v) is 6.98. The molecule has 0 bridgehead atoms. The fraction of sp³-hybridized carbons (Fsp3) is 1.00. The van der Waals surface area contributed by atoms with Crippen LogP contribution in [0.4, 0.5) is 0 Å². The number of unbranched alkanes of at least 4 members (excludes halogenated alkanes) is 7. The van der Waals surface area contributed by atoms with Gasteiger partial charge in [-0.25, -0.2) is 0 Å². The van der Waals surface area contributed by atoms with E-state index in [2.05, 4.69) is 17.1 Å². The molecule has 1 N–H and O–H groups in total. The average molecular weight is 280 g/mol. The number of nitrogens with zero attached hydrogens (tertiary/aromatic N) is 1. The first-order valence-electron chi connectivity index (χ1n) is 9.37. The van der Waals surface area contributed by atoms with Crippen molar-refractivity contribution in [3.8, 4) is 0 Å². The molecule has 2 aliphatic rings. The topological polar surface area (TPSA) is 15.3 Å². The van der Waals surface area contributed by atoms with Gasteiger partial charge in [0.15, 0.2) is 0 Å². The Bertz CT molecular complexity index is 242. The van der Waals surface area contributed by atoms with Crippen molar-refractivity contribution in [3.05, 3.63) is 0 Å². The number of fused-ring (bicyclic) bond motifs is 1. The van der Waals surface area contributed by atoms with Gasteiger partial charge in [0.05, 0.1) is 0 Å². The van der Waals surface area contributed by atoms with Crippen molar-refractivity contribution in [2.75, 3.05) is 19.6 Å². The van der Waals surface area contributed by atoms with Crippen LogP contribution in [0.15, 0.2) is 0 Å². The lowest BCUT2D eigenvalue weighted by molar-refractivity contribution is 0.167. The molecule has 0 amide bonds. The summed E-state index contributed by atoms with van der Waals surface area (Å²) in [5, 5.41) is 3.82. The highest BCUT2D eigenvalue weighted by Crippen LogP contribution is 2.26. The van der Waals surface area contributed by atoms with Crippen LogP contribution in [-0.2, 0) is 0 Å². The largest absolute Gasteiger partial charge is 0.314 e. The Hall–Kier alpha value is -0.0800. The molecule has 0 saturated carbocycles. The summed E-state index contributed by atoms with van der Waals surface area (Å²) in [6.45, 7) is 6.27. The van der Waals surface area contributed by atoms with Gasteiger partial charge in [-0.3, -0.25) is 0 Å². The zero-order valence-electron chi connectivity index (χ0n) is 13.7. The van der Waals surface area contributed by atoms with Gasteiger partial charge in [-0.05, 0) is 51.7 Å². The summed E-state index contributed by atoms with van der Waals surface area (Å²) in [4.78, 5) is 2.72. The fourth-order valence-electron chi connectivity index (χ4n) is 3.97. The summed E-state index contributed by atoms with van der Waals surface area (Å²) < 4.78 is 0. The van der Waals surface area contributed by atoms with Gasteiger partial charge >= 0.3 is 0 Å². The number of rotatable bonds is 10. The van der Waals surface area contributed by atoms with Gasteiger partial charge in [-0.1, -0.05) is 51.9 Å². The van der Waals surface area contributed by atoms with Crippen molar-refractivity contribution in [3.63, 3.8) is 0 Å². The molecule has 0 aromatic rings. The maximum absolute atomic E-state index is 3.82. The van der Waals surface area contributed by atoms with Crippen LogP contribution < -0.4 is 5.32 Å². The van der Waals surface area contributed by atoms with Crippen molar-refractivity contribution in [1.29, 1.82) is 0 Å². The Morgan fingerprint density at radius 3 is 2.45 bits per heavy atom. The standard InChI is InChI=1S/C18H36N2/c1-2-3-4-5-6-7-8-9-13-19-17-12-15-20-14-10-11-18(20)16-17/h17-19H,2-16H2,1H3. The van der Waals surface area contributed by atoms with Gasteiger partial charge in [0, 0.05) is 12.1 Å². The van der Waals surface area contributed by atoms with E-state index in [1.54, 1.807) is 0 Å². The Kier molecular flexibility index (Phi) is 7.97. The number of hydrogen-bond acceptors (Lipinski definition) is 2. The second kappa shape index (κ2) is 9.78. The molecule has 0 radical (unpaired) electrons. The zero-order chi connectivity index (χ0) is 14.0. The summed E-state index contributed by atoms with van der Waals surface area (Å²) in [7, 11) is 0. The van der Waals surface area contributed by atoms with Crippen LogP contribution in [0.3, 0.4) is 0 Å². The minimum absolute atomic E-state index is 0.818. The van der Waals surface area contributed by atoms with Crippen LogP contribution in [0, 0.1) is 0 Å². The molecule has 2 saturated heterocycles. The average Bonchev–Trinajstić information content (AvgIpc) is 2.93. The minimum Gasteiger partial charge on any atom is -0.314 e. The predicted molar refractivity (Wildman–Crippen MR) is 88.2 cm³/mol. The van der Waals surface area contributed by atoms with Crippen LogP contribution in [0.2, 0.25) is 0 Å². The van der Waals surface area contributed by atoms with Crippen molar-refractivity contribution in [1.82, 2.24) is 10.2 Å². The van der Waals surface area contributed by atoms with E-state index in [1.165, 1.54) is 96.7 Å². The molecule has 2 unspecified atom stereocenters. The van der Waals surface area contributed by atoms with Gasteiger partial charge in [0.25, 0.3) is 0 Å². The van der Waals surface area contributed by atoms with E-state index in [1.807, 2.05) is 0 Å². The highest BCUT2D eigenvalue weighted by atomic mass is 15.2. The van der Waals surface area contributed by atoms with Gasteiger partial charge in [0.2, 0.25) is 0 Å². The Morgan fingerprint density at radius 1 is 0.900 bits per heavy atom. The third-order valence-electron chi connectivity index (χ3n) is 5.28. The second-order valence-electron chi connectivity index (χ2n) is 6.98. The first-order valence-corrected chi connectivity index (χ1v) is 9.37. The van der Waals surface area contributed by atoms with Crippen LogP contribution in [0.5, 0.6) is 0 Å². The van der Waals surface area contributed by atoms with Gasteiger partial charge < -0.3 is 10.2 Å². The Morgan fingerprint density at radius 2 is 1.65 bits per heavy atom. The molecule has 0 aliphatic carbocycles. The van der Waals surface area contributed by atoms with Crippen molar-refractivity contribution < 1.29 is 0 Å². The highest BCUT2D eigenvalue weighted by Gasteiger charge is 2.31. The van der Waals surface area contributed by atoms with E-state index in [9.17, 15) is 0 Å². The lowest BCUT2D eigenvalue weighted by Gasteiger charge is -2.35. The predicted octanol–water partition coefficient (Wildman–Crippen LogP) is 4.34. The van der Waals surface area contributed by atoms with Crippen molar-refractivity contribution in [2.24, 2.45) is 0 Å². The molecule has 2 fully saturated rings. The molecular formula is C18H36N2. The van der Waals surface area contributed by atoms with Crippen molar-refractivity contribution >= 4 is 0 Å². The monoisotopic (exact) mass is 280 g/mol. The zero-order valence-corrected chi connectivity index (χ0v) is 13.7. The van der Waals surface area contributed by atoms with E-state index in [-0.39, 0.29) is 0 Å². The minimum atomic E-state index is 0.818. The summed E-state index contributed by atoms with van der Waals surface area (Å²) in [6, 6.07) is 1.73. The van der Waals surface area contributed by atoms with E-state index < -0.39 is 0 Å². The summed E-state index contributed by atoms with van der Waals surface area (Å²) >= 11 is 0. The van der Waals surface area contributed by atoms with Crippen LogP contribution in [-0.4, -0.2) is 36.6 Å². The molecule has 2 atom stereocenters. The van der Waals surface area contributed by atoms with E-state index in [4.69, 9.17) is 0 Å². The molecular weight excluding hydrogens is 244 g/mol. The van der Waals surface area contributed by atoms with E-state index in [0.717, 1.165) is 12.1 Å². The van der Waals surface area contributed by atoms with Gasteiger partial charge in [-0.15, -0.1) is 0 Å². The van der Waals surface area contributed by atoms with Crippen molar-refractivity contribution in [2.45, 2.75) is 96.1 Å². The summed E-state index contributed by atoms with van der Waals surface area (Å²) in [5.74, 6) is 0. The number of piperidine rings is 1. The van der Waals surface area contributed by atoms with Gasteiger partial charge in [-0.2, -0.15) is 0 Å². The Balaban J connectivity index is 1.40. The normalized spacial score (nSPS) is 26.9. The highest BCUT2D eigenvalue weighted by molar-refractivity contribution is 4.89. The first-order chi connectivity index (χ1) is 9.90. The molecule has 2 heterocycles. The maximum Gasteiger partial charge on any atom is 0.0111 e. The van der Waals surface area contributed by atoms with Crippen LogP contribution in [0.25, 0.3) is 0 Å². The molecule has 2 heteroatoms. The van der Waals surface area contributed by atoms with E-state index >= 15 is 0 Å². The fourth-order valence-corrected chi connectivity index (χ4v) is 3.97. The third-order valence-corrected chi connectivity index (χ3v) is 5.28. The molecule has 118 valence electrons. The molecule has 2 rings (SSSR count). The summed E-state index contributed by atoms with van der Waals surface area (Å²) in [6.07, 6.45) is 17.1. The first kappa shape index (κ1) is 16.3. The number of nitrogens with one attached hydrogen (secondary N) is 1. The van der Waals surface area contributed by atoms with E-state index in [0.29, 0.717) is 0 Å². The third kappa shape index (κ3) is 5.73. The quantitative estimate of drug-likeness (QED) is 0.599. The lowest BCUT2D eigenvalue weighted by Crippen LogP contribution is -2.45. The SMILES string of the molecule is CCCCCCCCCCNC1CCN2CCCC2C1. The molecule has 0 spiro atoms. The smallest absolute Gasteiger partial charge is 0.0111 e. The molecule has 20 heavy (non-hydrogen) atoms. The molecule has 2 nitrogen and oxygen atoms in total. The van der Waals surface area contributed by atoms with Gasteiger partial charge in [0.1, 0.15) is 0 Å². The van der Waals surface area contributed by atoms with Crippen LogP contribution >= 0.6 is 0 Å². The summed E-state index contributed by atoms with van der Waals surface area (Å²) in [5.41, 5.74) is 0. The molecule has 0 aromatic carbocycles. The molecule has 2 aliphatic heterocycles. The maximum atomic E-state index is 3.82.